The zero-order valence-electron chi connectivity index (χ0n) is 13.6. The van der Waals surface area contributed by atoms with Crippen molar-refractivity contribution in [1.82, 2.24) is 10.6 Å². The minimum Gasteiger partial charge on any atom is -0.502 e. The average Bonchev–Trinajstić information content (AvgIpc) is 2.43. The van der Waals surface area contributed by atoms with Crippen LogP contribution in [0.4, 0.5) is 0 Å². The highest BCUT2D eigenvalue weighted by atomic mass is 16.5. The number of phenols is 1. The molecule has 0 heterocycles. The molecule has 0 aliphatic rings. The average molecular weight is 295 g/mol. The zero-order valence-corrected chi connectivity index (χ0v) is 13.6. The number of rotatable bonds is 4. The van der Waals surface area contributed by atoms with Crippen LogP contribution in [0.25, 0.3) is 0 Å². The van der Waals surface area contributed by atoms with Crippen LogP contribution in [0.5, 0.6) is 17.2 Å². The van der Waals surface area contributed by atoms with Crippen molar-refractivity contribution in [2.75, 3.05) is 21.3 Å². The number of nitrogens with zero attached hydrogens (tertiary/aromatic N) is 1. The molecule has 0 aliphatic carbocycles. The van der Waals surface area contributed by atoms with Gasteiger partial charge in [-0.25, -0.2) is 0 Å². The minimum absolute atomic E-state index is 0.000878. The van der Waals surface area contributed by atoms with E-state index < -0.39 is 0 Å². The van der Waals surface area contributed by atoms with E-state index in [9.17, 15) is 5.11 Å². The summed E-state index contributed by atoms with van der Waals surface area (Å²) in [6.07, 6.45) is 0. The Kier molecular flexibility index (Phi) is 5.69. The quantitative estimate of drug-likeness (QED) is 0.584. The molecule has 1 aromatic rings. The molecule has 0 aliphatic heterocycles. The van der Waals surface area contributed by atoms with Crippen molar-refractivity contribution in [3.8, 4) is 17.2 Å². The van der Waals surface area contributed by atoms with Gasteiger partial charge in [-0.3, -0.25) is 4.99 Å². The predicted octanol–water partition coefficient (Wildman–Crippen LogP) is 1.87. The molecule has 6 heteroatoms. The third kappa shape index (κ3) is 5.06. The van der Waals surface area contributed by atoms with Gasteiger partial charge in [0.25, 0.3) is 0 Å². The van der Waals surface area contributed by atoms with Gasteiger partial charge in [-0.2, -0.15) is 0 Å². The molecule has 118 valence electrons. The lowest BCUT2D eigenvalue weighted by atomic mass is 10.1. The maximum atomic E-state index is 9.88. The molecule has 0 fully saturated rings. The lowest BCUT2D eigenvalue weighted by Crippen LogP contribution is -2.47. The molecule has 1 rings (SSSR count). The Balaban J connectivity index is 2.84. The van der Waals surface area contributed by atoms with E-state index in [2.05, 4.69) is 36.4 Å². The number of guanidine groups is 1. The first kappa shape index (κ1) is 16.9. The lowest BCUT2D eigenvalue weighted by Gasteiger charge is -2.24. The molecule has 0 amide bonds. The molecule has 0 radical (unpaired) electrons. The van der Waals surface area contributed by atoms with E-state index >= 15 is 0 Å². The maximum absolute atomic E-state index is 9.88. The van der Waals surface area contributed by atoms with Crippen molar-refractivity contribution < 1.29 is 14.6 Å². The largest absolute Gasteiger partial charge is 0.502 e. The second-order valence-corrected chi connectivity index (χ2v) is 5.65. The van der Waals surface area contributed by atoms with Gasteiger partial charge in [-0.1, -0.05) is 0 Å². The smallest absolute Gasteiger partial charge is 0.200 e. The van der Waals surface area contributed by atoms with Crippen LogP contribution < -0.4 is 20.1 Å². The number of aliphatic imine (C=N–C) groups is 1. The fourth-order valence-electron chi connectivity index (χ4n) is 1.77. The van der Waals surface area contributed by atoms with Crippen LogP contribution in [0.1, 0.15) is 26.3 Å². The number of benzene rings is 1. The van der Waals surface area contributed by atoms with Gasteiger partial charge in [0.15, 0.2) is 17.5 Å². The molecule has 0 unspecified atom stereocenters. The molecular formula is C15H25N3O3. The Morgan fingerprint density at radius 3 is 2.10 bits per heavy atom. The van der Waals surface area contributed by atoms with E-state index in [0.29, 0.717) is 24.0 Å². The molecule has 0 aromatic heterocycles. The number of ether oxygens (including phenoxy) is 2. The van der Waals surface area contributed by atoms with E-state index in [-0.39, 0.29) is 11.3 Å². The molecule has 6 nitrogen and oxygen atoms in total. The van der Waals surface area contributed by atoms with Gasteiger partial charge in [0.2, 0.25) is 5.75 Å². The van der Waals surface area contributed by atoms with E-state index in [1.807, 2.05) is 0 Å². The third-order valence-electron chi connectivity index (χ3n) is 2.72. The van der Waals surface area contributed by atoms with Crippen LogP contribution >= 0.6 is 0 Å². The number of methoxy groups -OCH3 is 2. The Morgan fingerprint density at radius 1 is 1.19 bits per heavy atom. The maximum Gasteiger partial charge on any atom is 0.200 e. The van der Waals surface area contributed by atoms with Crippen molar-refractivity contribution in [3.63, 3.8) is 0 Å². The number of phenolic OH excluding ortho intramolecular Hbond substituents is 1. The van der Waals surface area contributed by atoms with Crippen LogP contribution in [-0.2, 0) is 6.54 Å². The summed E-state index contributed by atoms with van der Waals surface area (Å²) in [4.78, 5) is 4.17. The Morgan fingerprint density at radius 2 is 1.71 bits per heavy atom. The number of hydrogen-bond donors (Lipinski definition) is 3. The fourth-order valence-corrected chi connectivity index (χ4v) is 1.77. The SMILES string of the molecule is CN=C(NCc1cc(OC)c(O)c(OC)c1)NC(C)(C)C. The predicted molar refractivity (Wildman–Crippen MR) is 84.3 cm³/mol. The van der Waals surface area contributed by atoms with Gasteiger partial charge in [0, 0.05) is 19.1 Å². The normalized spacial score (nSPS) is 12.0. The second-order valence-electron chi connectivity index (χ2n) is 5.65. The molecule has 0 bridgehead atoms. The van der Waals surface area contributed by atoms with Crippen molar-refractivity contribution in [2.24, 2.45) is 4.99 Å². The van der Waals surface area contributed by atoms with Crippen LogP contribution in [0.15, 0.2) is 17.1 Å². The van der Waals surface area contributed by atoms with Crippen LogP contribution in [-0.4, -0.2) is 37.9 Å². The lowest BCUT2D eigenvalue weighted by molar-refractivity contribution is 0.339. The van der Waals surface area contributed by atoms with Crippen molar-refractivity contribution in [3.05, 3.63) is 17.7 Å². The highest BCUT2D eigenvalue weighted by molar-refractivity contribution is 5.80. The van der Waals surface area contributed by atoms with Crippen molar-refractivity contribution in [1.29, 1.82) is 0 Å². The van der Waals surface area contributed by atoms with E-state index in [1.165, 1.54) is 14.2 Å². The number of nitrogens with one attached hydrogen (secondary N) is 2. The highest BCUT2D eigenvalue weighted by Crippen LogP contribution is 2.36. The molecule has 1 aromatic carbocycles. The van der Waals surface area contributed by atoms with Gasteiger partial charge in [0.05, 0.1) is 14.2 Å². The summed E-state index contributed by atoms with van der Waals surface area (Å²) >= 11 is 0. The Labute approximate surface area is 126 Å². The molecule has 3 N–H and O–H groups in total. The molecule has 0 saturated heterocycles. The van der Waals surface area contributed by atoms with Crippen LogP contribution in [0.3, 0.4) is 0 Å². The van der Waals surface area contributed by atoms with Gasteiger partial charge in [0.1, 0.15) is 0 Å². The summed E-state index contributed by atoms with van der Waals surface area (Å²) in [7, 11) is 4.73. The summed E-state index contributed by atoms with van der Waals surface area (Å²) < 4.78 is 10.3. The van der Waals surface area contributed by atoms with Crippen LogP contribution in [0, 0.1) is 0 Å². The molecule has 0 spiro atoms. The summed E-state index contributed by atoms with van der Waals surface area (Å²) in [6.45, 7) is 6.72. The molecule has 21 heavy (non-hydrogen) atoms. The third-order valence-corrected chi connectivity index (χ3v) is 2.72. The van der Waals surface area contributed by atoms with E-state index in [4.69, 9.17) is 9.47 Å². The van der Waals surface area contributed by atoms with E-state index in [0.717, 1.165) is 5.56 Å². The fraction of sp³-hybridized carbons (Fsp3) is 0.533. The van der Waals surface area contributed by atoms with E-state index in [1.54, 1.807) is 19.2 Å². The summed E-state index contributed by atoms with van der Waals surface area (Å²) in [5.41, 5.74) is 0.838. The molecular weight excluding hydrogens is 270 g/mol. The van der Waals surface area contributed by atoms with Gasteiger partial charge in [-0.05, 0) is 38.5 Å². The first-order chi connectivity index (χ1) is 9.80. The van der Waals surface area contributed by atoms with Crippen molar-refractivity contribution >= 4 is 5.96 Å². The summed E-state index contributed by atoms with van der Waals surface area (Å²) in [5.74, 6) is 1.46. The minimum atomic E-state index is -0.0772. The van der Waals surface area contributed by atoms with Gasteiger partial charge in [-0.15, -0.1) is 0 Å². The van der Waals surface area contributed by atoms with Crippen molar-refractivity contribution in [2.45, 2.75) is 32.9 Å². The van der Waals surface area contributed by atoms with Gasteiger partial charge >= 0.3 is 0 Å². The number of hydrogen-bond acceptors (Lipinski definition) is 4. The molecule has 0 atom stereocenters. The van der Waals surface area contributed by atoms with Crippen LogP contribution in [0.2, 0.25) is 0 Å². The number of aromatic hydroxyl groups is 1. The Hall–Kier alpha value is -2.11. The monoisotopic (exact) mass is 295 g/mol. The topological polar surface area (TPSA) is 75.1 Å². The summed E-state index contributed by atoms with van der Waals surface area (Å²) in [6, 6.07) is 3.52. The molecule has 0 saturated carbocycles. The second kappa shape index (κ2) is 7.06. The van der Waals surface area contributed by atoms with Gasteiger partial charge < -0.3 is 25.2 Å². The standard InChI is InChI=1S/C15H25N3O3/c1-15(2,3)18-14(16-4)17-9-10-7-11(20-5)13(19)12(8-10)21-6/h7-8,19H,9H2,1-6H3,(H2,16,17,18). The first-order valence-electron chi connectivity index (χ1n) is 6.73. The Bertz CT molecular complexity index is 482. The first-order valence-corrected chi connectivity index (χ1v) is 6.73. The zero-order chi connectivity index (χ0) is 16.0. The highest BCUT2D eigenvalue weighted by Gasteiger charge is 2.13. The summed E-state index contributed by atoms with van der Waals surface area (Å²) in [5, 5.41) is 16.4.